The maximum absolute atomic E-state index is 12.3. The summed E-state index contributed by atoms with van der Waals surface area (Å²) < 4.78 is 0. The Morgan fingerprint density at radius 1 is 1.26 bits per heavy atom. The molecule has 4 nitrogen and oxygen atoms in total. The number of carbonyl (C=O) groups is 2. The highest BCUT2D eigenvalue weighted by Gasteiger charge is 2.31. The van der Waals surface area contributed by atoms with Crippen LogP contribution < -0.4 is 5.32 Å². The van der Waals surface area contributed by atoms with Crippen LogP contribution in [0.25, 0.3) is 0 Å². The Morgan fingerprint density at radius 2 is 1.89 bits per heavy atom. The lowest BCUT2D eigenvalue weighted by Gasteiger charge is -2.28. The minimum atomic E-state index is -0.468. The Kier molecular flexibility index (Phi) is 4.10. The van der Waals surface area contributed by atoms with Gasteiger partial charge in [-0.3, -0.25) is 9.59 Å². The van der Waals surface area contributed by atoms with Crippen molar-refractivity contribution in [1.82, 2.24) is 10.2 Å². The van der Waals surface area contributed by atoms with Crippen LogP contribution in [0, 0.1) is 0 Å². The van der Waals surface area contributed by atoms with E-state index in [1.165, 1.54) is 0 Å². The first kappa shape index (κ1) is 13.9. The van der Waals surface area contributed by atoms with Gasteiger partial charge in [0.25, 0.3) is 0 Å². The van der Waals surface area contributed by atoms with Crippen molar-refractivity contribution in [3.05, 3.63) is 34.9 Å². The van der Waals surface area contributed by atoms with E-state index < -0.39 is 6.04 Å². The van der Waals surface area contributed by atoms with Gasteiger partial charge in [-0.2, -0.15) is 0 Å². The number of carbonyl (C=O) groups excluding carboxylic acids is 2. The Balaban J connectivity index is 2.18. The molecule has 0 radical (unpaired) electrons. The van der Waals surface area contributed by atoms with Gasteiger partial charge in [-0.1, -0.05) is 23.7 Å². The van der Waals surface area contributed by atoms with Crippen LogP contribution in [0.4, 0.5) is 0 Å². The monoisotopic (exact) mass is 280 g/mol. The van der Waals surface area contributed by atoms with Gasteiger partial charge < -0.3 is 10.2 Å². The van der Waals surface area contributed by atoms with E-state index in [1.54, 1.807) is 24.0 Å². The van der Waals surface area contributed by atoms with Crippen molar-refractivity contribution in [1.29, 1.82) is 0 Å². The highest BCUT2D eigenvalue weighted by Crippen LogP contribution is 2.17. The molecule has 1 aromatic rings. The fourth-order valence-electron chi connectivity index (χ4n) is 2.23. The number of halogens is 1. The predicted molar refractivity (Wildman–Crippen MR) is 73.7 cm³/mol. The highest BCUT2D eigenvalue weighted by atomic mass is 35.5. The number of benzene rings is 1. The molecule has 19 heavy (non-hydrogen) atoms. The molecule has 2 amide bonds. The van der Waals surface area contributed by atoms with Crippen LogP contribution in [0.15, 0.2) is 24.3 Å². The quantitative estimate of drug-likeness (QED) is 0.900. The van der Waals surface area contributed by atoms with Gasteiger partial charge in [0.1, 0.15) is 6.04 Å². The lowest BCUT2D eigenvalue weighted by atomic mass is 10.1. The van der Waals surface area contributed by atoms with Gasteiger partial charge in [0.2, 0.25) is 11.8 Å². The Morgan fingerprint density at radius 3 is 2.53 bits per heavy atom. The van der Waals surface area contributed by atoms with Gasteiger partial charge in [-0.15, -0.1) is 0 Å². The summed E-state index contributed by atoms with van der Waals surface area (Å²) in [5, 5.41) is 3.37. The van der Waals surface area contributed by atoms with Crippen LogP contribution in [-0.4, -0.2) is 28.8 Å². The van der Waals surface area contributed by atoms with Gasteiger partial charge in [-0.05, 0) is 31.5 Å². The fourth-order valence-corrected chi connectivity index (χ4v) is 2.35. The average Bonchev–Trinajstić information content (AvgIpc) is 2.44. The molecule has 1 aromatic carbocycles. The number of hydrogen-bond acceptors (Lipinski definition) is 2. The van der Waals surface area contributed by atoms with Gasteiger partial charge >= 0.3 is 0 Å². The van der Waals surface area contributed by atoms with Gasteiger partial charge in [0.15, 0.2) is 0 Å². The first-order valence-corrected chi connectivity index (χ1v) is 6.69. The first-order chi connectivity index (χ1) is 8.97. The third-order valence-electron chi connectivity index (χ3n) is 3.31. The molecule has 0 saturated carbocycles. The second-order valence-corrected chi connectivity index (χ2v) is 5.37. The van der Waals surface area contributed by atoms with Crippen molar-refractivity contribution in [3.8, 4) is 0 Å². The van der Waals surface area contributed by atoms with Crippen molar-refractivity contribution in [2.24, 2.45) is 0 Å². The minimum absolute atomic E-state index is 0.0479. The third kappa shape index (κ3) is 3.26. The molecule has 0 spiro atoms. The Labute approximate surface area is 117 Å². The second kappa shape index (κ2) is 5.61. The summed E-state index contributed by atoms with van der Waals surface area (Å²) in [6.45, 7) is 4.11. The summed E-state index contributed by atoms with van der Waals surface area (Å²) in [5.41, 5.74) is 1.01. The maximum Gasteiger partial charge on any atom is 0.245 e. The number of rotatable bonds is 2. The van der Waals surface area contributed by atoms with Gasteiger partial charge in [-0.25, -0.2) is 0 Å². The summed E-state index contributed by atoms with van der Waals surface area (Å²) in [6.07, 6.45) is 0.337. The van der Waals surface area contributed by atoms with E-state index >= 15 is 0 Å². The summed E-state index contributed by atoms with van der Waals surface area (Å²) in [7, 11) is 0. The predicted octanol–water partition coefficient (Wildman–Crippen LogP) is 1.97. The van der Waals surface area contributed by atoms with Crippen molar-refractivity contribution >= 4 is 23.4 Å². The topological polar surface area (TPSA) is 49.4 Å². The lowest BCUT2D eigenvalue weighted by Crippen LogP contribution is -2.44. The molecule has 1 saturated heterocycles. The van der Waals surface area contributed by atoms with Crippen molar-refractivity contribution in [3.63, 3.8) is 0 Å². The second-order valence-electron chi connectivity index (χ2n) is 4.93. The molecule has 2 rings (SSSR count). The molecule has 1 heterocycles. The van der Waals surface area contributed by atoms with Crippen LogP contribution in [-0.2, 0) is 16.1 Å². The number of amides is 2. The standard InChI is InChI=1S/C14H17ClN2O2/c1-9-7-13(18)16-10(2)14(19)17(9)8-11-3-5-12(15)6-4-11/h3-6,9-10H,7-8H2,1-2H3,(H,16,18). The van der Waals surface area contributed by atoms with Gasteiger partial charge in [0, 0.05) is 24.0 Å². The summed E-state index contributed by atoms with van der Waals surface area (Å²) in [4.78, 5) is 25.6. The molecule has 1 fully saturated rings. The van der Waals surface area contributed by atoms with E-state index in [0.717, 1.165) is 5.56 Å². The van der Waals surface area contributed by atoms with Crippen molar-refractivity contribution in [2.45, 2.75) is 38.9 Å². The molecule has 1 aliphatic rings. The van der Waals surface area contributed by atoms with Gasteiger partial charge in [0.05, 0.1) is 0 Å². The molecule has 1 N–H and O–H groups in total. The van der Waals surface area contributed by atoms with Crippen LogP contribution in [0.2, 0.25) is 5.02 Å². The molecule has 2 atom stereocenters. The van der Waals surface area contributed by atoms with Crippen LogP contribution >= 0.6 is 11.6 Å². The zero-order valence-corrected chi connectivity index (χ0v) is 11.8. The lowest BCUT2D eigenvalue weighted by molar-refractivity contribution is -0.135. The van der Waals surface area contributed by atoms with Crippen LogP contribution in [0.5, 0.6) is 0 Å². The molecule has 2 unspecified atom stereocenters. The highest BCUT2D eigenvalue weighted by molar-refractivity contribution is 6.30. The largest absolute Gasteiger partial charge is 0.345 e. The van der Waals surface area contributed by atoms with Crippen molar-refractivity contribution in [2.75, 3.05) is 0 Å². The number of hydrogen-bond donors (Lipinski definition) is 1. The molecule has 5 heteroatoms. The fraction of sp³-hybridized carbons (Fsp3) is 0.429. The van der Waals surface area contributed by atoms with E-state index in [4.69, 9.17) is 11.6 Å². The normalized spacial score (nSPS) is 24.1. The minimum Gasteiger partial charge on any atom is -0.345 e. The zero-order valence-electron chi connectivity index (χ0n) is 11.0. The molecular formula is C14H17ClN2O2. The van der Waals surface area contributed by atoms with E-state index in [9.17, 15) is 9.59 Å². The smallest absolute Gasteiger partial charge is 0.245 e. The average molecular weight is 281 g/mol. The maximum atomic E-state index is 12.3. The van der Waals surface area contributed by atoms with Crippen LogP contribution in [0.3, 0.4) is 0 Å². The van der Waals surface area contributed by atoms with Crippen molar-refractivity contribution < 1.29 is 9.59 Å². The number of nitrogens with one attached hydrogen (secondary N) is 1. The summed E-state index contributed by atoms with van der Waals surface area (Å²) >= 11 is 5.84. The summed E-state index contributed by atoms with van der Waals surface area (Å²) in [6, 6.07) is 6.83. The van der Waals surface area contributed by atoms with E-state index in [-0.39, 0.29) is 17.9 Å². The van der Waals surface area contributed by atoms with E-state index in [2.05, 4.69) is 5.32 Å². The zero-order chi connectivity index (χ0) is 14.0. The number of nitrogens with zero attached hydrogens (tertiary/aromatic N) is 1. The first-order valence-electron chi connectivity index (χ1n) is 6.31. The van der Waals surface area contributed by atoms with E-state index in [0.29, 0.717) is 18.0 Å². The molecule has 1 aliphatic heterocycles. The molecular weight excluding hydrogens is 264 g/mol. The molecule has 0 aromatic heterocycles. The Bertz CT molecular complexity index is 487. The molecule has 102 valence electrons. The Hall–Kier alpha value is -1.55. The summed E-state index contributed by atoms with van der Waals surface area (Å²) in [5.74, 6) is -0.125. The third-order valence-corrected chi connectivity index (χ3v) is 3.56. The van der Waals surface area contributed by atoms with E-state index in [1.807, 2.05) is 19.1 Å². The molecule has 0 bridgehead atoms. The van der Waals surface area contributed by atoms with Crippen LogP contribution in [0.1, 0.15) is 25.8 Å². The molecule has 0 aliphatic carbocycles. The SMILES string of the molecule is CC1NC(=O)CC(C)N(Cc2ccc(Cl)cc2)C1=O.